The van der Waals surface area contributed by atoms with Crippen molar-refractivity contribution in [2.24, 2.45) is 0 Å². The second kappa shape index (κ2) is 5.12. The lowest BCUT2D eigenvalue weighted by Gasteiger charge is -2.16. The first-order valence-electron chi connectivity index (χ1n) is 4.24. The lowest BCUT2D eigenvalue weighted by atomic mass is 10.0. The van der Waals surface area contributed by atoms with Gasteiger partial charge in [-0.05, 0) is 24.1 Å². The minimum Gasteiger partial charge on any atom is -0.389 e. The van der Waals surface area contributed by atoms with Gasteiger partial charge in [-0.1, -0.05) is 39.7 Å². The van der Waals surface area contributed by atoms with Crippen LogP contribution < -0.4 is 0 Å². The molecule has 0 aliphatic rings. The summed E-state index contributed by atoms with van der Waals surface area (Å²) in [6.45, 7) is 1.86. The molecular weight excluding hydrogens is 267 g/mol. The molecule has 0 aromatic heterocycles. The Bertz CT molecular complexity index is 317. The van der Waals surface area contributed by atoms with E-state index in [4.69, 9.17) is 11.6 Å². The standard InChI is InChI=1S/C10H12BrClO2/c1-6-4-7(2-3-8(6)12)10(14)9(13)5-11/h2-4,9-10,13-14H,5H2,1H3. The van der Waals surface area contributed by atoms with E-state index >= 15 is 0 Å². The van der Waals surface area contributed by atoms with E-state index in [9.17, 15) is 10.2 Å². The zero-order valence-corrected chi connectivity index (χ0v) is 10.1. The average molecular weight is 280 g/mol. The summed E-state index contributed by atoms with van der Waals surface area (Å²) in [6, 6.07) is 5.21. The Labute approximate surface area is 96.7 Å². The predicted molar refractivity (Wildman–Crippen MR) is 60.9 cm³/mol. The summed E-state index contributed by atoms with van der Waals surface area (Å²) >= 11 is 8.95. The normalized spacial score (nSPS) is 15.2. The lowest BCUT2D eigenvalue weighted by molar-refractivity contribution is 0.0342. The van der Waals surface area contributed by atoms with Crippen LogP contribution in [0.3, 0.4) is 0 Å². The molecule has 2 atom stereocenters. The molecule has 0 aliphatic carbocycles. The van der Waals surface area contributed by atoms with Gasteiger partial charge >= 0.3 is 0 Å². The second-order valence-corrected chi connectivity index (χ2v) is 4.23. The number of halogens is 2. The molecule has 0 spiro atoms. The van der Waals surface area contributed by atoms with E-state index in [0.717, 1.165) is 5.56 Å². The number of aliphatic hydroxyl groups is 2. The van der Waals surface area contributed by atoms with Gasteiger partial charge in [0.2, 0.25) is 0 Å². The molecular formula is C10H12BrClO2. The van der Waals surface area contributed by atoms with Crippen molar-refractivity contribution in [1.82, 2.24) is 0 Å². The number of alkyl halides is 1. The maximum atomic E-state index is 9.68. The summed E-state index contributed by atoms with van der Waals surface area (Å²) in [5, 5.41) is 20.1. The van der Waals surface area contributed by atoms with Crippen molar-refractivity contribution in [3.63, 3.8) is 0 Å². The van der Waals surface area contributed by atoms with Crippen molar-refractivity contribution in [1.29, 1.82) is 0 Å². The molecule has 0 radical (unpaired) electrons. The highest BCUT2D eigenvalue weighted by molar-refractivity contribution is 9.09. The maximum absolute atomic E-state index is 9.68. The van der Waals surface area contributed by atoms with Crippen molar-refractivity contribution >= 4 is 27.5 Å². The van der Waals surface area contributed by atoms with Gasteiger partial charge in [0.15, 0.2) is 0 Å². The lowest BCUT2D eigenvalue weighted by Crippen LogP contribution is -2.19. The molecule has 0 bridgehead atoms. The molecule has 0 heterocycles. The Morgan fingerprint density at radius 2 is 2.07 bits per heavy atom. The van der Waals surface area contributed by atoms with Gasteiger partial charge in [0, 0.05) is 10.4 Å². The van der Waals surface area contributed by atoms with Gasteiger partial charge in [-0.2, -0.15) is 0 Å². The van der Waals surface area contributed by atoms with Crippen LogP contribution in [0.2, 0.25) is 5.02 Å². The predicted octanol–water partition coefficient (Wildman–Crippen LogP) is 2.44. The van der Waals surface area contributed by atoms with E-state index in [0.29, 0.717) is 15.9 Å². The van der Waals surface area contributed by atoms with Crippen molar-refractivity contribution in [2.45, 2.75) is 19.1 Å². The Hall–Kier alpha value is -0.0900. The molecule has 1 aromatic carbocycles. The fourth-order valence-corrected chi connectivity index (χ4v) is 1.63. The summed E-state index contributed by atoms with van der Waals surface area (Å²) in [5.41, 5.74) is 1.57. The summed E-state index contributed by atoms with van der Waals surface area (Å²) < 4.78 is 0. The number of hydrogen-bond acceptors (Lipinski definition) is 2. The van der Waals surface area contributed by atoms with Crippen LogP contribution in [0.25, 0.3) is 0 Å². The maximum Gasteiger partial charge on any atom is 0.106 e. The van der Waals surface area contributed by atoms with Gasteiger partial charge in [-0.25, -0.2) is 0 Å². The number of rotatable bonds is 3. The van der Waals surface area contributed by atoms with E-state index in [-0.39, 0.29) is 0 Å². The van der Waals surface area contributed by atoms with Crippen LogP contribution in [0.1, 0.15) is 17.2 Å². The first kappa shape index (κ1) is 12.0. The molecule has 2 N–H and O–H groups in total. The third-order valence-electron chi connectivity index (χ3n) is 2.05. The monoisotopic (exact) mass is 278 g/mol. The van der Waals surface area contributed by atoms with Gasteiger partial charge < -0.3 is 10.2 Å². The third-order valence-corrected chi connectivity index (χ3v) is 3.13. The van der Waals surface area contributed by atoms with Crippen molar-refractivity contribution in [2.75, 3.05) is 5.33 Å². The number of benzene rings is 1. The smallest absolute Gasteiger partial charge is 0.106 e. The molecule has 0 aliphatic heterocycles. The summed E-state index contributed by atoms with van der Waals surface area (Å²) in [5.74, 6) is 0. The van der Waals surface area contributed by atoms with Gasteiger partial charge in [0.1, 0.15) is 6.10 Å². The molecule has 0 amide bonds. The van der Waals surface area contributed by atoms with Crippen LogP contribution in [0, 0.1) is 6.92 Å². The van der Waals surface area contributed by atoms with Gasteiger partial charge in [-0.15, -0.1) is 0 Å². The van der Waals surface area contributed by atoms with Crippen molar-refractivity contribution in [3.05, 3.63) is 34.3 Å². The second-order valence-electron chi connectivity index (χ2n) is 3.18. The van der Waals surface area contributed by atoms with E-state index in [1.165, 1.54) is 0 Å². The van der Waals surface area contributed by atoms with Crippen LogP contribution in [0.5, 0.6) is 0 Å². The topological polar surface area (TPSA) is 40.5 Å². The first-order chi connectivity index (χ1) is 6.56. The summed E-state index contributed by atoms with van der Waals surface area (Å²) in [6.07, 6.45) is -1.67. The Morgan fingerprint density at radius 3 is 2.57 bits per heavy atom. The fraction of sp³-hybridized carbons (Fsp3) is 0.400. The number of aryl methyl sites for hydroxylation is 1. The Balaban J connectivity index is 2.91. The zero-order valence-electron chi connectivity index (χ0n) is 7.74. The van der Waals surface area contributed by atoms with E-state index in [1.54, 1.807) is 18.2 Å². The highest BCUT2D eigenvalue weighted by Crippen LogP contribution is 2.23. The highest BCUT2D eigenvalue weighted by atomic mass is 79.9. The summed E-state index contributed by atoms with van der Waals surface area (Å²) in [4.78, 5) is 0. The third kappa shape index (κ3) is 2.70. The molecule has 0 saturated heterocycles. The minimum atomic E-state index is -0.870. The van der Waals surface area contributed by atoms with E-state index < -0.39 is 12.2 Å². The molecule has 1 aromatic rings. The molecule has 2 unspecified atom stereocenters. The van der Waals surface area contributed by atoms with Crippen LogP contribution in [0.15, 0.2) is 18.2 Å². The van der Waals surface area contributed by atoms with E-state index in [1.807, 2.05) is 6.92 Å². The van der Waals surface area contributed by atoms with Crippen molar-refractivity contribution < 1.29 is 10.2 Å². The zero-order chi connectivity index (χ0) is 10.7. The first-order valence-corrected chi connectivity index (χ1v) is 5.74. The number of hydrogen-bond donors (Lipinski definition) is 2. The van der Waals surface area contributed by atoms with Gasteiger partial charge in [-0.3, -0.25) is 0 Å². The quantitative estimate of drug-likeness (QED) is 0.834. The molecule has 2 nitrogen and oxygen atoms in total. The molecule has 78 valence electrons. The number of aliphatic hydroxyl groups excluding tert-OH is 2. The molecule has 1 rings (SSSR count). The van der Waals surface area contributed by atoms with Gasteiger partial charge in [0.25, 0.3) is 0 Å². The van der Waals surface area contributed by atoms with Gasteiger partial charge in [0.05, 0.1) is 6.10 Å². The summed E-state index contributed by atoms with van der Waals surface area (Å²) in [7, 11) is 0. The Morgan fingerprint density at radius 1 is 1.43 bits per heavy atom. The molecule has 4 heteroatoms. The van der Waals surface area contributed by atoms with E-state index in [2.05, 4.69) is 15.9 Å². The average Bonchev–Trinajstić information content (AvgIpc) is 2.20. The minimum absolute atomic E-state index is 0.343. The van der Waals surface area contributed by atoms with Crippen LogP contribution >= 0.6 is 27.5 Å². The molecule has 14 heavy (non-hydrogen) atoms. The van der Waals surface area contributed by atoms with Crippen LogP contribution in [0.4, 0.5) is 0 Å². The van der Waals surface area contributed by atoms with Crippen LogP contribution in [-0.2, 0) is 0 Å². The Kier molecular flexibility index (Phi) is 4.38. The fourth-order valence-electron chi connectivity index (χ4n) is 1.16. The van der Waals surface area contributed by atoms with Crippen LogP contribution in [-0.4, -0.2) is 21.6 Å². The molecule has 0 fully saturated rings. The molecule has 0 saturated carbocycles. The van der Waals surface area contributed by atoms with Crippen molar-refractivity contribution in [3.8, 4) is 0 Å². The largest absolute Gasteiger partial charge is 0.389 e. The highest BCUT2D eigenvalue weighted by Gasteiger charge is 2.17. The SMILES string of the molecule is Cc1cc(C(O)C(O)CBr)ccc1Cl.